The summed E-state index contributed by atoms with van der Waals surface area (Å²) in [6.07, 6.45) is 96.7. The van der Waals surface area contributed by atoms with Crippen LogP contribution in [0.3, 0.4) is 0 Å². The molecule has 88 heavy (non-hydrogen) atoms. The zero-order chi connectivity index (χ0) is 64.1. The van der Waals surface area contributed by atoms with Crippen molar-refractivity contribution in [3.05, 3.63) is 60.8 Å². The number of phosphoric ester groups is 1. The van der Waals surface area contributed by atoms with Crippen molar-refractivity contribution < 1.29 is 32.9 Å². The Balaban J connectivity index is 3.95. The van der Waals surface area contributed by atoms with Crippen LogP contribution >= 0.6 is 7.82 Å². The van der Waals surface area contributed by atoms with Crippen molar-refractivity contribution in [3.8, 4) is 0 Å². The molecule has 518 valence electrons. The zero-order valence-electron chi connectivity index (χ0n) is 59.4. The SMILES string of the molecule is CCCCCCC/C=C\C/C=C\C/C=C\CCCCCCCCCCCCCCCCCCCCCCCCCCCCC(=O)NC(COP(=O)([O-])OCC[N+](C)(C)C)C(O)/C=C/CC/C=C/CCCCCCCCCCCCCCCCCCCCC. The van der Waals surface area contributed by atoms with Gasteiger partial charge >= 0.3 is 0 Å². The van der Waals surface area contributed by atoms with Crippen LogP contribution in [0.4, 0.5) is 0 Å². The first-order valence-electron chi connectivity index (χ1n) is 38.7. The van der Waals surface area contributed by atoms with E-state index in [4.69, 9.17) is 9.05 Å². The molecule has 3 atom stereocenters. The molecule has 0 rings (SSSR count). The molecule has 0 saturated carbocycles. The lowest BCUT2D eigenvalue weighted by Gasteiger charge is -2.29. The highest BCUT2D eigenvalue weighted by atomic mass is 31.2. The highest BCUT2D eigenvalue weighted by Crippen LogP contribution is 2.38. The minimum Gasteiger partial charge on any atom is -0.756 e. The largest absolute Gasteiger partial charge is 0.756 e. The van der Waals surface area contributed by atoms with E-state index in [1.165, 1.54) is 315 Å². The molecule has 0 radical (unpaired) electrons. The summed E-state index contributed by atoms with van der Waals surface area (Å²) < 4.78 is 23.5. The Morgan fingerprint density at radius 2 is 0.670 bits per heavy atom. The third kappa shape index (κ3) is 71.6. The van der Waals surface area contributed by atoms with E-state index >= 15 is 0 Å². The Bertz CT molecular complexity index is 1620. The second kappa shape index (κ2) is 69.5. The Hall–Kier alpha value is -1.80. The van der Waals surface area contributed by atoms with Crippen LogP contribution in [0.15, 0.2) is 60.8 Å². The fraction of sp³-hybridized carbons (Fsp3) is 0.861. The molecule has 0 aliphatic rings. The van der Waals surface area contributed by atoms with Crippen LogP contribution in [0.1, 0.15) is 386 Å². The van der Waals surface area contributed by atoms with Crippen LogP contribution in [-0.4, -0.2) is 68.5 Å². The first-order valence-corrected chi connectivity index (χ1v) is 40.1. The van der Waals surface area contributed by atoms with Gasteiger partial charge < -0.3 is 28.8 Å². The molecule has 2 N–H and O–H groups in total. The number of unbranched alkanes of at least 4 members (excludes halogenated alkanes) is 51. The van der Waals surface area contributed by atoms with Crippen LogP contribution in [0.25, 0.3) is 0 Å². The molecule has 0 spiro atoms. The van der Waals surface area contributed by atoms with E-state index in [0.717, 1.165) is 51.4 Å². The van der Waals surface area contributed by atoms with Crippen molar-refractivity contribution in [2.24, 2.45) is 0 Å². The van der Waals surface area contributed by atoms with Crippen LogP contribution in [0.5, 0.6) is 0 Å². The topological polar surface area (TPSA) is 108 Å². The van der Waals surface area contributed by atoms with Crippen LogP contribution < -0.4 is 10.2 Å². The normalized spacial score (nSPS) is 13.9. The number of likely N-dealkylation sites (N-methyl/N-ethyl adjacent to an activating group) is 1. The second-order valence-electron chi connectivity index (χ2n) is 27.7. The number of amides is 1. The van der Waals surface area contributed by atoms with E-state index < -0.39 is 20.0 Å². The van der Waals surface area contributed by atoms with Gasteiger partial charge in [0.05, 0.1) is 39.9 Å². The Morgan fingerprint density at radius 3 is 1.00 bits per heavy atom. The van der Waals surface area contributed by atoms with E-state index in [2.05, 4.69) is 67.8 Å². The molecule has 0 fully saturated rings. The van der Waals surface area contributed by atoms with Gasteiger partial charge in [-0.1, -0.05) is 370 Å². The van der Waals surface area contributed by atoms with Crippen LogP contribution in [0, 0.1) is 0 Å². The molecule has 0 heterocycles. The number of allylic oxidation sites excluding steroid dienone is 9. The molecule has 9 heteroatoms. The van der Waals surface area contributed by atoms with E-state index in [1.807, 2.05) is 27.2 Å². The molecule has 0 aromatic rings. The minimum atomic E-state index is -4.61. The van der Waals surface area contributed by atoms with Gasteiger partial charge in [0.25, 0.3) is 7.82 Å². The number of carbonyl (C=O) groups is 1. The number of nitrogens with zero attached hydrogens (tertiary/aromatic N) is 1. The lowest BCUT2D eigenvalue weighted by molar-refractivity contribution is -0.870. The number of rotatable bonds is 72. The van der Waals surface area contributed by atoms with Gasteiger partial charge in [0.1, 0.15) is 13.2 Å². The Morgan fingerprint density at radius 1 is 0.398 bits per heavy atom. The summed E-state index contributed by atoms with van der Waals surface area (Å²) in [5, 5.41) is 14.0. The van der Waals surface area contributed by atoms with Gasteiger partial charge in [-0.15, -0.1) is 0 Å². The van der Waals surface area contributed by atoms with Gasteiger partial charge in [0, 0.05) is 6.42 Å². The maximum absolute atomic E-state index is 13.1. The second-order valence-corrected chi connectivity index (χ2v) is 29.1. The van der Waals surface area contributed by atoms with Crippen molar-refractivity contribution in [1.29, 1.82) is 0 Å². The molecule has 0 bridgehead atoms. The number of nitrogens with one attached hydrogen (secondary N) is 1. The first kappa shape index (κ1) is 86.2. The number of hydrogen-bond donors (Lipinski definition) is 2. The lowest BCUT2D eigenvalue weighted by Crippen LogP contribution is -2.45. The summed E-state index contributed by atoms with van der Waals surface area (Å²) in [6.45, 7) is 4.67. The third-order valence-electron chi connectivity index (χ3n) is 17.7. The van der Waals surface area contributed by atoms with E-state index in [-0.39, 0.29) is 19.1 Å². The van der Waals surface area contributed by atoms with Crippen molar-refractivity contribution in [3.63, 3.8) is 0 Å². The van der Waals surface area contributed by atoms with Gasteiger partial charge in [-0.05, 0) is 70.6 Å². The van der Waals surface area contributed by atoms with Crippen molar-refractivity contribution in [2.75, 3.05) is 40.9 Å². The molecule has 0 saturated heterocycles. The number of quaternary nitrogens is 1. The predicted molar refractivity (Wildman–Crippen MR) is 385 cm³/mol. The van der Waals surface area contributed by atoms with Crippen LogP contribution in [-0.2, 0) is 18.4 Å². The summed E-state index contributed by atoms with van der Waals surface area (Å²) in [6, 6.07) is -0.905. The number of phosphoric acid groups is 1. The highest BCUT2D eigenvalue weighted by Gasteiger charge is 2.23. The summed E-state index contributed by atoms with van der Waals surface area (Å²) >= 11 is 0. The van der Waals surface area contributed by atoms with Gasteiger partial charge in [-0.25, -0.2) is 0 Å². The molecule has 0 aromatic heterocycles. The van der Waals surface area contributed by atoms with Gasteiger partial charge in [0.15, 0.2) is 0 Å². The fourth-order valence-corrected chi connectivity index (χ4v) is 12.4. The molecule has 1 amide bonds. The average molecular weight is 1260 g/mol. The highest BCUT2D eigenvalue weighted by molar-refractivity contribution is 7.45. The number of aliphatic hydroxyl groups excluding tert-OH is 1. The van der Waals surface area contributed by atoms with Crippen molar-refractivity contribution >= 4 is 13.7 Å². The molecular formula is C79H151N2O6P. The molecular weight excluding hydrogens is 1100 g/mol. The molecule has 3 unspecified atom stereocenters. The standard InChI is InChI=1S/C79H151N2O6P/c1-6-8-10-12-14-16-18-20-22-24-26-28-30-32-33-34-35-36-37-38-39-40-41-42-43-44-45-46-47-49-51-53-55-57-59-61-63-65-67-69-71-73-79(83)80-77(76-87-88(84,85)86-75-74-81(3,4)5)78(82)72-70-68-66-64-62-60-58-56-54-52-50-48-31-29-27-25-23-21-19-17-15-13-11-9-7-2/h18,20,24,26,30,32,62,64,70,72,77-78,82H,6-17,19,21-23,25,27-29,31,33-61,63,65-69,71,73-76H2,1-5H3,(H-,80,83,84,85)/b20-18-,26-24-,32-30-,64-62+,72-70+. The molecule has 0 aromatic carbocycles. The predicted octanol–water partition coefficient (Wildman–Crippen LogP) is 24.5. The molecule has 8 nitrogen and oxygen atoms in total. The van der Waals surface area contributed by atoms with E-state index in [9.17, 15) is 19.4 Å². The summed E-state index contributed by atoms with van der Waals surface area (Å²) in [7, 11) is 1.26. The first-order chi connectivity index (χ1) is 43.0. The Labute approximate surface area is 549 Å². The zero-order valence-corrected chi connectivity index (χ0v) is 60.3. The van der Waals surface area contributed by atoms with Crippen molar-refractivity contribution in [2.45, 2.75) is 398 Å². The molecule has 0 aliphatic carbocycles. The number of hydrogen-bond acceptors (Lipinski definition) is 6. The van der Waals surface area contributed by atoms with E-state index in [0.29, 0.717) is 17.4 Å². The van der Waals surface area contributed by atoms with Gasteiger partial charge in [-0.2, -0.15) is 0 Å². The quantitative estimate of drug-likeness (QED) is 0.0272. The van der Waals surface area contributed by atoms with E-state index in [1.54, 1.807) is 6.08 Å². The van der Waals surface area contributed by atoms with Gasteiger partial charge in [0.2, 0.25) is 5.91 Å². The monoisotopic (exact) mass is 1260 g/mol. The van der Waals surface area contributed by atoms with Crippen LogP contribution in [0.2, 0.25) is 0 Å². The van der Waals surface area contributed by atoms with Gasteiger partial charge in [-0.3, -0.25) is 9.36 Å². The number of aliphatic hydroxyl groups is 1. The lowest BCUT2D eigenvalue weighted by atomic mass is 10.0. The fourth-order valence-electron chi connectivity index (χ4n) is 11.7. The Kier molecular flexibility index (Phi) is 68.1. The summed E-state index contributed by atoms with van der Waals surface area (Å²) in [5.41, 5.74) is 0. The average Bonchev–Trinajstić information content (AvgIpc) is 3.71. The maximum atomic E-state index is 13.1. The minimum absolute atomic E-state index is 0.00518. The number of carbonyl (C=O) groups excluding carboxylic acids is 1. The maximum Gasteiger partial charge on any atom is 0.268 e. The smallest absolute Gasteiger partial charge is 0.268 e. The summed E-state index contributed by atoms with van der Waals surface area (Å²) in [4.78, 5) is 25.7. The summed E-state index contributed by atoms with van der Waals surface area (Å²) in [5.74, 6) is -0.200. The molecule has 0 aliphatic heterocycles. The van der Waals surface area contributed by atoms with Crippen molar-refractivity contribution in [1.82, 2.24) is 5.32 Å². The third-order valence-corrected chi connectivity index (χ3v) is 18.7.